The molecule has 1 aromatic carbocycles. The van der Waals surface area contributed by atoms with Crippen LogP contribution in [0.4, 0.5) is 14.5 Å². The Kier molecular flexibility index (Phi) is 3.04. The van der Waals surface area contributed by atoms with E-state index in [2.05, 4.69) is 5.32 Å². The van der Waals surface area contributed by atoms with Crippen LogP contribution >= 0.6 is 23.2 Å². The van der Waals surface area contributed by atoms with Gasteiger partial charge in [0.2, 0.25) is 5.91 Å². The lowest BCUT2D eigenvalue weighted by Gasteiger charge is -2.12. The fraction of sp³-hybridized carbons (Fsp3) is 0.300. The summed E-state index contributed by atoms with van der Waals surface area (Å²) in [6.07, 6.45) is -2.52. The molecule has 1 unspecified atom stereocenters. The molecule has 1 N–H and O–H groups in total. The minimum Gasteiger partial charge on any atom is -0.325 e. The van der Waals surface area contributed by atoms with E-state index in [9.17, 15) is 13.6 Å². The third-order valence-electron chi connectivity index (χ3n) is 2.37. The number of nitrogens with one attached hydrogen (secondary N) is 1. The minimum atomic E-state index is -2.69. The standard InChI is InChI=1S/C10H7Cl2F2NO/c11-6-3-7-4(2-8(16)15-7)1-5(6)9(12)10(13)14/h1,3,9-10H,2H2,(H,15,16). The second kappa shape index (κ2) is 4.18. The third-order valence-corrected chi connectivity index (χ3v) is 3.12. The van der Waals surface area contributed by atoms with Gasteiger partial charge in [-0.05, 0) is 17.2 Å². The molecule has 2 nitrogen and oxygen atoms in total. The Hall–Kier alpha value is -0.870. The first-order chi connectivity index (χ1) is 7.49. The average molecular weight is 266 g/mol. The van der Waals surface area contributed by atoms with Crippen molar-refractivity contribution in [2.75, 3.05) is 5.32 Å². The summed E-state index contributed by atoms with van der Waals surface area (Å²) in [7, 11) is 0. The zero-order valence-electron chi connectivity index (χ0n) is 7.94. The van der Waals surface area contributed by atoms with E-state index >= 15 is 0 Å². The lowest BCUT2D eigenvalue weighted by Crippen LogP contribution is -2.03. The number of carbonyl (C=O) groups is 1. The van der Waals surface area contributed by atoms with E-state index in [0.717, 1.165) is 0 Å². The summed E-state index contributed by atoms with van der Waals surface area (Å²) in [6.45, 7) is 0. The molecule has 1 amide bonds. The van der Waals surface area contributed by atoms with Gasteiger partial charge < -0.3 is 5.32 Å². The van der Waals surface area contributed by atoms with Crippen molar-refractivity contribution in [3.63, 3.8) is 0 Å². The molecular weight excluding hydrogens is 259 g/mol. The second-order valence-corrected chi connectivity index (χ2v) is 4.37. The third kappa shape index (κ3) is 1.99. The molecule has 0 bridgehead atoms. The maximum Gasteiger partial charge on any atom is 0.258 e. The lowest BCUT2D eigenvalue weighted by atomic mass is 10.1. The van der Waals surface area contributed by atoms with Crippen LogP contribution in [0.3, 0.4) is 0 Å². The summed E-state index contributed by atoms with van der Waals surface area (Å²) >= 11 is 11.4. The smallest absolute Gasteiger partial charge is 0.258 e. The molecule has 6 heteroatoms. The van der Waals surface area contributed by atoms with Gasteiger partial charge in [0.1, 0.15) is 5.38 Å². The average Bonchev–Trinajstić information content (AvgIpc) is 2.54. The number of amides is 1. The Bertz CT molecular complexity index is 451. The fourth-order valence-corrected chi connectivity index (χ4v) is 2.13. The molecule has 86 valence electrons. The number of alkyl halides is 3. The van der Waals surface area contributed by atoms with Gasteiger partial charge in [0.25, 0.3) is 6.43 Å². The molecule has 2 rings (SSSR count). The monoisotopic (exact) mass is 265 g/mol. The maximum absolute atomic E-state index is 12.4. The summed E-state index contributed by atoms with van der Waals surface area (Å²) in [4.78, 5) is 11.1. The van der Waals surface area contributed by atoms with E-state index in [4.69, 9.17) is 23.2 Å². The zero-order chi connectivity index (χ0) is 11.9. The first kappa shape index (κ1) is 11.6. The van der Waals surface area contributed by atoms with Gasteiger partial charge in [0, 0.05) is 10.7 Å². The molecule has 1 atom stereocenters. The molecule has 1 aliphatic rings. The summed E-state index contributed by atoms with van der Waals surface area (Å²) in [5.41, 5.74) is 1.38. The van der Waals surface area contributed by atoms with E-state index in [1.165, 1.54) is 12.1 Å². The second-order valence-electron chi connectivity index (χ2n) is 3.49. The molecule has 0 saturated carbocycles. The van der Waals surface area contributed by atoms with E-state index in [0.29, 0.717) is 11.3 Å². The van der Waals surface area contributed by atoms with Crippen LogP contribution in [0.2, 0.25) is 5.02 Å². The molecule has 0 aromatic heterocycles. The van der Waals surface area contributed by atoms with Crippen LogP contribution in [0.15, 0.2) is 12.1 Å². The Morgan fingerprint density at radius 1 is 1.38 bits per heavy atom. The largest absolute Gasteiger partial charge is 0.325 e. The van der Waals surface area contributed by atoms with Gasteiger partial charge in [-0.15, -0.1) is 11.6 Å². The number of hydrogen-bond acceptors (Lipinski definition) is 1. The van der Waals surface area contributed by atoms with Crippen LogP contribution in [0.25, 0.3) is 0 Å². The Labute approximate surface area is 101 Å². The van der Waals surface area contributed by atoms with Crippen molar-refractivity contribution in [1.82, 2.24) is 0 Å². The van der Waals surface area contributed by atoms with Crippen LogP contribution in [-0.2, 0) is 11.2 Å². The number of halogens is 4. The molecule has 0 spiro atoms. The number of benzene rings is 1. The number of hydrogen-bond donors (Lipinski definition) is 1. The molecule has 16 heavy (non-hydrogen) atoms. The first-order valence-corrected chi connectivity index (χ1v) is 5.35. The van der Waals surface area contributed by atoms with Crippen molar-refractivity contribution >= 4 is 34.8 Å². The summed E-state index contributed by atoms with van der Waals surface area (Å²) < 4.78 is 24.9. The van der Waals surface area contributed by atoms with Gasteiger partial charge in [-0.2, -0.15) is 0 Å². The molecule has 0 fully saturated rings. The number of carbonyl (C=O) groups excluding carboxylic acids is 1. The van der Waals surface area contributed by atoms with Crippen molar-refractivity contribution in [1.29, 1.82) is 0 Å². The minimum absolute atomic E-state index is 0.140. The highest BCUT2D eigenvalue weighted by atomic mass is 35.5. The van der Waals surface area contributed by atoms with Gasteiger partial charge in [0.05, 0.1) is 6.42 Å². The van der Waals surface area contributed by atoms with Crippen LogP contribution in [0.5, 0.6) is 0 Å². The predicted octanol–water partition coefficient (Wildman–Crippen LogP) is 3.38. The molecule has 1 heterocycles. The van der Waals surface area contributed by atoms with Crippen molar-refractivity contribution in [2.45, 2.75) is 18.2 Å². The van der Waals surface area contributed by atoms with Gasteiger partial charge in [-0.25, -0.2) is 8.78 Å². The summed E-state index contributed by atoms with van der Waals surface area (Å²) in [6, 6.07) is 2.91. The zero-order valence-corrected chi connectivity index (χ0v) is 9.45. The molecule has 0 radical (unpaired) electrons. The molecule has 0 saturated heterocycles. The quantitative estimate of drug-likeness (QED) is 0.817. The lowest BCUT2D eigenvalue weighted by molar-refractivity contribution is -0.115. The van der Waals surface area contributed by atoms with Crippen molar-refractivity contribution in [3.05, 3.63) is 28.3 Å². The highest BCUT2D eigenvalue weighted by molar-refractivity contribution is 6.33. The van der Waals surface area contributed by atoms with Crippen LogP contribution in [0, 0.1) is 0 Å². The van der Waals surface area contributed by atoms with Crippen LogP contribution in [0.1, 0.15) is 16.5 Å². The van der Waals surface area contributed by atoms with Crippen molar-refractivity contribution < 1.29 is 13.6 Å². The van der Waals surface area contributed by atoms with Crippen molar-refractivity contribution in [3.8, 4) is 0 Å². The fourth-order valence-electron chi connectivity index (χ4n) is 1.61. The maximum atomic E-state index is 12.4. The topological polar surface area (TPSA) is 29.1 Å². The summed E-state index contributed by atoms with van der Waals surface area (Å²) in [5, 5.41) is 1.27. The number of fused-ring (bicyclic) bond motifs is 1. The number of rotatable bonds is 2. The normalized spacial score (nSPS) is 16.2. The van der Waals surface area contributed by atoms with E-state index < -0.39 is 11.8 Å². The van der Waals surface area contributed by atoms with Gasteiger partial charge in [-0.1, -0.05) is 17.7 Å². The van der Waals surface area contributed by atoms with Crippen LogP contribution < -0.4 is 5.32 Å². The molecule has 1 aliphatic heterocycles. The van der Waals surface area contributed by atoms with Crippen LogP contribution in [-0.4, -0.2) is 12.3 Å². The molecule has 0 aliphatic carbocycles. The SMILES string of the molecule is O=C1Cc2cc(C(Cl)C(F)F)c(Cl)cc2N1. The van der Waals surface area contributed by atoms with Gasteiger partial charge >= 0.3 is 0 Å². The highest BCUT2D eigenvalue weighted by Gasteiger charge is 2.26. The van der Waals surface area contributed by atoms with Crippen molar-refractivity contribution in [2.24, 2.45) is 0 Å². The summed E-state index contributed by atoms with van der Waals surface area (Å²) in [5.74, 6) is -0.175. The number of anilines is 1. The molecular formula is C10H7Cl2F2NO. The molecule has 1 aromatic rings. The Morgan fingerprint density at radius 3 is 2.69 bits per heavy atom. The van der Waals surface area contributed by atoms with E-state index in [-0.39, 0.29) is 22.9 Å². The Morgan fingerprint density at radius 2 is 2.06 bits per heavy atom. The van der Waals surface area contributed by atoms with E-state index in [1.54, 1.807) is 0 Å². The van der Waals surface area contributed by atoms with Gasteiger partial charge in [0.15, 0.2) is 0 Å². The first-order valence-electron chi connectivity index (χ1n) is 4.53. The van der Waals surface area contributed by atoms with E-state index in [1.807, 2.05) is 0 Å². The highest BCUT2D eigenvalue weighted by Crippen LogP contribution is 2.37. The Balaban J connectivity index is 2.42. The predicted molar refractivity (Wildman–Crippen MR) is 58.4 cm³/mol. The van der Waals surface area contributed by atoms with Gasteiger partial charge in [-0.3, -0.25) is 4.79 Å².